The van der Waals surface area contributed by atoms with E-state index in [-0.39, 0.29) is 6.61 Å². The van der Waals surface area contributed by atoms with Gasteiger partial charge in [0.25, 0.3) is 0 Å². The first-order valence-electron chi connectivity index (χ1n) is 2.96. The fraction of sp³-hybridized carbons (Fsp3) is 0.500. The van der Waals surface area contributed by atoms with Crippen LogP contribution in [0.25, 0.3) is 0 Å². The molecule has 0 radical (unpaired) electrons. The molecule has 3 N–H and O–H groups in total. The largest absolute Gasteiger partial charge is 0.448 e. The van der Waals surface area contributed by atoms with Gasteiger partial charge in [0.15, 0.2) is 6.11 Å². The summed E-state index contributed by atoms with van der Waals surface area (Å²) in [6.45, 7) is 1.93. The van der Waals surface area contributed by atoms with Crippen molar-refractivity contribution >= 4 is 28.7 Å². The van der Waals surface area contributed by atoms with Crippen LogP contribution in [0.15, 0.2) is 0 Å². The van der Waals surface area contributed by atoms with Gasteiger partial charge in [0.05, 0.1) is 4.43 Å². The highest BCUT2D eigenvalue weighted by atomic mass is 127. The molecule has 6 heteroatoms. The summed E-state index contributed by atoms with van der Waals surface area (Å²) in [6, 6.07) is 0. The number of hydrogen-bond donors (Lipinski definition) is 2. The van der Waals surface area contributed by atoms with E-state index < -0.39 is 6.09 Å². The van der Waals surface area contributed by atoms with Gasteiger partial charge in [0.1, 0.15) is 0 Å². The van der Waals surface area contributed by atoms with Gasteiger partial charge in [0, 0.05) is 6.61 Å². The van der Waals surface area contributed by atoms with Crippen molar-refractivity contribution in [3.05, 3.63) is 0 Å². The Morgan fingerprint density at radius 3 is 2.58 bits per heavy atom. The second-order valence-electron chi connectivity index (χ2n) is 1.21. The molecule has 0 aromatic carbocycles. The molecule has 0 rings (SSSR count). The van der Waals surface area contributed by atoms with Crippen LogP contribution in [0.3, 0.4) is 0 Å². The van der Waals surface area contributed by atoms with Crippen molar-refractivity contribution in [2.24, 2.45) is 5.73 Å². The van der Waals surface area contributed by atoms with E-state index in [0.717, 1.165) is 0 Å². The van der Waals surface area contributed by atoms with Gasteiger partial charge < -0.3 is 10.8 Å². The van der Waals surface area contributed by atoms with Crippen LogP contribution in [-0.2, 0) is 9.78 Å². The lowest BCUT2D eigenvalue weighted by Crippen LogP contribution is -2.11. The highest BCUT2D eigenvalue weighted by Gasteiger charge is 1.88. The summed E-state index contributed by atoms with van der Waals surface area (Å²) in [7, 11) is 0. The Hall–Kier alpha value is -0.680. The third kappa shape index (κ3) is 22.8. The third-order valence-electron chi connectivity index (χ3n) is 0.304. The number of primary amides is 1. The van der Waals surface area contributed by atoms with Gasteiger partial charge in [-0.3, -0.25) is 0 Å². The first kappa shape index (κ1) is 13.9. The molecule has 0 bridgehead atoms. The summed E-state index contributed by atoms with van der Waals surface area (Å²) in [6.07, 6.45) is 1.08. The number of alkyl halides is 1. The van der Waals surface area contributed by atoms with Gasteiger partial charge in [-0.15, -0.1) is 0 Å². The number of aliphatic hydroxyl groups excluding tert-OH is 1. The van der Waals surface area contributed by atoms with E-state index in [1.807, 2.05) is 22.6 Å². The monoisotopic (exact) mass is 287 g/mol. The molecule has 0 aliphatic carbocycles. The van der Waals surface area contributed by atoms with Crippen molar-refractivity contribution in [1.82, 2.24) is 0 Å². The van der Waals surface area contributed by atoms with Crippen LogP contribution in [0, 0.1) is 12.0 Å². The number of rotatable bonds is 1. The lowest BCUT2D eigenvalue weighted by Gasteiger charge is -1.87. The molecule has 1 amide bonds. The van der Waals surface area contributed by atoms with Crippen molar-refractivity contribution in [3.63, 3.8) is 0 Å². The lowest BCUT2D eigenvalue weighted by atomic mass is 10.8. The quantitative estimate of drug-likeness (QED) is 0.240. The predicted octanol–water partition coefficient (Wildman–Crippen LogP) is 0.408. The Balaban J connectivity index is 0. The SMILES string of the molecule is CCO.NC(=O)OOC#CCI. The summed E-state index contributed by atoms with van der Waals surface area (Å²) in [4.78, 5) is 17.6. The third-order valence-corrected chi connectivity index (χ3v) is 0.686. The minimum atomic E-state index is -1.00. The molecule has 5 nitrogen and oxygen atoms in total. The van der Waals surface area contributed by atoms with Crippen LogP contribution < -0.4 is 5.73 Å². The molecule has 0 spiro atoms. The Morgan fingerprint density at radius 2 is 2.25 bits per heavy atom. The fourth-order valence-corrected chi connectivity index (χ4v) is 0.274. The molecule has 0 heterocycles. The Bertz CT molecular complexity index is 163. The number of nitrogens with two attached hydrogens (primary N) is 1. The van der Waals surface area contributed by atoms with Gasteiger partial charge in [-0.25, -0.2) is 14.6 Å². The second kappa shape index (κ2) is 12.9. The van der Waals surface area contributed by atoms with Crippen molar-refractivity contribution in [2.45, 2.75) is 6.92 Å². The van der Waals surface area contributed by atoms with Gasteiger partial charge >= 0.3 is 6.09 Å². The number of aliphatic hydroxyl groups is 1. The fourth-order valence-electron chi connectivity index (χ4n) is 0.119. The van der Waals surface area contributed by atoms with Crippen LogP contribution in [0.5, 0.6) is 0 Å². The average Bonchev–Trinajstić information content (AvgIpc) is 1.99. The summed E-state index contributed by atoms with van der Waals surface area (Å²) < 4.78 is 0.611. The maximum Gasteiger partial charge on any atom is 0.448 e. The molecule has 0 fully saturated rings. The van der Waals surface area contributed by atoms with Gasteiger partial charge in [-0.1, -0.05) is 22.6 Å². The zero-order valence-corrected chi connectivity index (χ0v) is 8.70. The molecule has 0 atom stereocenters. The molecule has 0 aromatic heterocycles. The maximum absolute atomic E-state index is 9.77. The highest BCUT2D eigenvalue weighted by molar-refractivity contribution is 14.1. The molecular weight excluding hydrogens is 277 g/mol. The predicted molar refractivity (Wildman–Crippen MR) is 51.2 cm³/mol. The van der Waals surface area contributed by atoms with E-state index in [4.69, 9.17) is 5.11 Å². The highest BCUT2D eigenvalue weighted by Crippen LogP contribution is 1.77. The number of halogens is 1. The standard InChI is InChI=1S/C4H4INO3.C2H6O/c5-2-1-3-8-9-4(6)7;1-2-3/h2H2,(H2,6,7);3H,2H2,1H3. The molecule has 0 aliphatic heterocycles. The lowest BCUT2D eigenvalue weighted by molar-refractivity contribution is -0.170. The van der Waals surface area contributed by atoms with Crippen molar-refractivity contribution in [3.8, 4) is 12.0 Å². The molecule has 0 saturated heterocycles. The first-order valence-corrected chi connectivity index (χ1v) is 4.49. The summed E-state index contributed by atoms with van der Waals surface area (Å²) in [5, 5.41) is 7.57. The van der Waals surface area contributed by atoms with Crippen molar-refractivity contribution in [2.75, 3.05) is 11.0 Å². The number of carbonyl (C=O) groups excluding carboxylic acids is 1. The van der Waals surface area contributed by atoms with Crippen molar-refractivity contribution < 1.29 is 19.7 Å². The van der Waals surface area contributed by atoms with Gasteiger partial charge in [0.2, 0.25) is 0 Å². The Morgan fingerprint density at radius 1 is 1.75 bits per heavy atom. The number of hydrogen-bond acceptors (Lipinski definition) is 4. The van der Waals surface area contributed by atoms with E-state index in [9.17, 15) is 4.79 Å². The molecule has 12 heavy (non-hydrogen) atoms. The molecular formula is C6H10INO4. The summed E-state index contributed by atoms with van der Waals surface area (Å²) in [5.41, 5.74) is 4.52. The topological polar surface area (TPSA) is 81.8 Å². The second-order valence-corrected chi connectivity index (χ2v) is 1.98. The van der Waals surface area contributed by atoms with Crippen molar-refractivity contribution in [1.29, 1.82) is 0 Å². The van der Waals surface area contributed by atoms with Crippen LogP contribution in [-0.4, -0.2) is 22.2 Å². The Labute approximate surface area is 84.3 Å². The zero-order valence-electron chi connectivity index (χ0n) is 6.54. The van der Waals surface area contributed by atoms with E-state index in [0.29, 0.717) is 4.43 Å². The van der Waals surface area contributed by atoms with E-state index in [1.165, 1.54) is 0 Å². The van der Waals surface area contributed by atoms with Gasteiger partial charge in [-0.05, 0) is 12.8 Å². The van der Waals surface area contributed by atoms with Crippen LogP contribution in [0.4, 0.5) is 4.79 Å². The minimum Gasteiger partial charge on any atom is -0.397 e. The van der Waals surface area contributed by atoms with E-state index >= 15 is 0 Å². The molecule has 0 unspecified atom stereocenters. The average molecular weight is 287 g/mol. The zero-order chi connectivity index (χ0) is 9.82. The molecule has 0 aliphatic rings. The summed E-state index contributed by atoms with van der Waals surface area (Å²) >= 11 is 2.02. The normalized spacial score (nSPS) is 6.58. The minimum absolute atomic E-state index is 0.250. The number of carbonyl (C=O) groups is 1. The molecule has 0 aromatic rings. The van der Waals surface area contributed by atoms with Crippen LogP contribution in [0.1, 0.15) is 6.92 Å². The van der Waals surface area contributed by atoms with Crippen LogP contribution in [0.2, 0.25) is 0 Å². The van der Waals surface area contributed by atoms with Gasteiger partial charge in [-0.2, -0.15) is 0 Å². The first-order chi connectivity index (χ1) is 5.68. The Kier molecular flexibility index (Phi) is 15.0. The van der Waals surface area contributed by atoms with E-state index in [2.05, 4.69) is 27.5 Å². The number of amides is 1. The molecule has 70 valence electrons. The summed E-state index contributed by atoms with van der Waals surface area (Å²) in [5.74, 6) is 2.49. The smallest absolute Gasteiger partial charge is 0.397 e. The molecule has 0 saturated carbocycles. The van der Waals surface area contributed by atoms with E-state index in [1.54, 1.807) is 6.92 Å². The maximum atomic E-state index is 9.77. The van der Waals surface area contributed by atoms with Crippen LogP contribution >= 0.6 is 22.6 Å².